The van der Waals surface area contributed by atoms with Crippen molar-refractivity contribution in [1.29, 1.82) is 0 Å². The molecule has 0 N–H and O–H groups in total. The molecule has 0 radical (unpaired) electrons. The number of nitrogens with zero attached hydrogens (tertiary/aromatic N) is 1. The molecule has 1 fully saturated rings. The van der Waals surface area contributed by atoms with E-state index in [4.69, 9.17) is 0 Å². The van der Waals surface area contributed by atoms with E-state index < -0.39 is 0 Å². The zero-order chi connectivity index (χ0) is 5.98. The Kier molecular flexibility index (Phi) is 1.90. The predicted molar refractivity (Wildman–Crippen MR) is 36.1 cm³/mol. The minimum Gasteiger partial charge on any atom is -0.657 e. The highest BCUT2D eigenvalue weighted by atomic mass is 14.9. The first-order valence-electron chi connectivity index (χ1n) is 3.49. The fourth-order valence-electron chi connectivity index (χ4n) is 1.29. The van der Waals surface area contributed by atoms with E-state index in [0.29, 0.717) is 12.1 Å². The van der Waals surface area contributed by atoms with Crippen LogP contribution in [0.2, 0.25) is 0 Å². The molecule has 1 aliphatic heterocycles. The van der Waals surface area contributed by atoms with Crippen LogP contribution in [-0.4, -0.2) is 12.1 Å². The lowest BCUT2D eigenvalue weighted by molar-refractivity contribution is 0.513. The minimum absolute atomic E-state index is 0.638. The lowest BCUT2D eigenvalue weighted by Crippen LogP contribution is -2.16. The van der Waals surface area contributed by atoms with E-state index in [-0.39, 0.29) is 0 Å². The number of piperidine rings is 1. The van der Waals surface area contributed by atoms with Crippen molar-refractivity contribution >= 4 is 0 Å². The van der Waals surface area contributed by atoms with E-state index >= 15 is 0 Å². The van der Waals surface area contributed by atoms with Crippen molar-refractivity contribution in [2.45, 2.75) is 45.2 Å². The maximum absolute atomic E-state index is 4.48. The van der Waals surface area contributed by atoms with Crippen molar-refractivity contribution in [2.75, 3.05) is 0 Å². The summed E-state index contributed by atoms with van der Waals surface area (Å²) in [4.78, 5) is 0. The summed E-state index contributed by atoms with van der Waals surface area (Å²) >= 11 is 0. The summed E-state index contributed by atoms with van der Waals surface area (Å²) in [5.74, 6) is 0. The molecular formula is C7H14N-. The molecule has 1 aliphatic rings. The van der Waals surface area contributed by atoms with Crippen LogP contribution in [0.1, 0.15) is 33.1 Å². The first kappa shape index (κ1) is 6.09. The smallest absolute Gasteiger partial charge is 0.0561 e. The molecule has 0 aliphatic carbocycles. The third-order valence-electron chi connectivity index (χ3n) is 1.75. The number of hydrogen-bond acceptors (Lipinski definition) is 0. The van der Waals surface area contributed by atoms with Crippen LogP contribution in [0.15, 0.2) is 0 Å². The van der Waals surface area contributed by atoms with E-state index in [2.05, 4.69) is 19.2 Å². The van der Waals surface area contributed by atoms with Crippen LogP contribution in [0.25, 0.3) is 5.32 Å². The van der Waals surface area contributed by atoms with Gasteiger partial charge in [0.1, 0.15) is 0 Å². The van der Waals surface area contributed by atoms with Crippen LogP contribution in [0, 0.1) is 0 Å². The van der Waals surface area contributed by atoms with Crippen molar-refractivity contribution in [1.82, 2.24) is 0 Å². The summed E-state index contributed by atoms with van der Waals surface area (Å²) in [7, 11) is 0. The molecule has 2 atom stereocenters. The van der Waals surface area contributed by atoms with Gasteiger partial charge in [-0.3, -0.25) is 0 Å². The van der Waals surface area contributed by atoms with Gasteiger partial charge in [0.25, 0.3) is 0 Å². The molecule has 0 aromatic carbocycles. The summed E-state index contributed by atoms with van der Waals surface area (Å²) in [6, 6.07) is 1.28. The Hall–Kier alpha value is -0.0400. The molecule has 0 aromatic rings. The average Bonchev–Trinajstić information content (AvgIpc) is 1.64. The Morgan fingerprint density at radius 3 is 1.88 bits per heavy atom. The molecule has 0 amide bonds. The van der Waals surface area contributed by atoms with Crippen molar-refractivity contribution in [3.63, 3.8) is 0 Å². The molecule has 1 heterocycles. The molecule has 0 unspecified atom stereocenters. The van der Waals surface area contributed by atoms with Crippen LogP contribution in [-0.2, 0) is 0 Å². The van der Waals surface area contributed by atoms with Crippen LogP contribution < -0.4 is 0 Å². The standard InChI is InChI=1S/C7H14N/c1-6-4-3-5-7(2)8-6/h6-7H,3-5H2,1-2H3/q-1/t6-,7+. The third kappa shape index (κ3) is 1.48. The summed E-state index contributed by atoms with van der Waals surface area (Å²) in [6.07, 6.45) is 4.00. The maximum atomic E-state index is 4.48. The predicted octanol–water partition coefficient (Wildman–Crippen LogP) is 2.32. The van der Waals surface area contributed by atoms with E-state index in [0.717, 1.165) is 0 Å². The zero-order valence-electron chi connectivity index (χ0n) is 5.72. The molecule has 0 saturated carbocycles. The second-order valence-electron chi connectivity index (χ2n) is 2.78. The molecule has 1 rings (SSSR count). The van der Waals surface area contributed by atoms with Crippen LogP contribution >= 0.6 is 0 Å². The van der Waals surface area contributed by atoms with E-state index in [1.807, 2.05) is 0 Å². The summed E-state index contributed by atoms with van der Waals surface area (Å²) in [6.45, 7) is 4.41. The van der Waals surface area contributed by atoms with Crippen molar-refractivity contribution in [3.8, 4) is 0 Å². The van der Waals surface area contributed by atoms with Crippen molar-refractivity contribution in [3.05, 3.63) is 5.32 Å². The average molecular weight is 112 g/mol. The second kappa shape index (κ2) is 2.49. The Morgan fingerprint density at radius 1 is 1.12 bits per heavy atom. The fraction of sp³-hybridized carbons (Fsp3) is 1.00. The van der Waals surface area contributed by atoms with Crippen molar-refractivity contribution in [2.24, 2.45) is 0 Å². The zero-order valence-corrected chi connectivity index (χ0v) is 5.72. The highest BCUT2D eigenvalue weighted by Gasteiger charge is 2.01. The van der Waals surface area contributed by atoms with Crippen molar-refractivity contribution < 1.29 is 0 Å². The summed E-state index contributed by atoms with van der Waals surface area (Å²) in [5.41, 5.74) is 0. The largest absolute Gasteiger partial charge is 0.657 e. The Bertz CT molecular complexity index is 62.8. The third-order valence-corrected chi connectivity index (χ3v) is 1.75. The van der Waals surface area contributed by atoms with Crippen LogP contribution in [0.4, 0.5) is 0 Å². The van der Waals surface area contributed by atoms with E-state index in [1.54, 1.807) is 0 Å². The van der Waals surface area contributed by atoms with Gasteiger partial charge in [0.2, 0.25) is 0 Å². The molecule has 0 bridgehead atoms. The molecule has 1 saturated heterocycles. The van der Waals surface area contributed by atoms with Gasteiger partial charge in [-0.15, -0.1) is 12.1 Å². The van der Waals surface area contributed by atoms with Gasteiger partial charge in [-0.2, -0.15) is 0 Å². The molecule has 1 nitrogen and oxygen atoms in total. The number of hydrogen-bond donors (Lipinski definition) is 0. The molecule has 1 heteroatoms. The Morgan fingerprint density at radius 2 is 1.62 bits per heavy atom. The van der Waals surface area contributed by atoms with Gasteiger partial charge >= 0.3 is 0 Å². The molecule has 0 spiro atoms. The Balaban J connectivity index is 2.23. The maximum Gasteiger partial charge on any atom is -0.0561 e. The van der Waals surface area contributed by atoms with Gasteiger partial charge in [0, 0.05) is 0 Å². The SMILES string of the molecule is C[C@@H]1CCC[C@H](C)[N-]1. The lowest BCUT2D eigenvalue weighted by atomic mass is 10.0. The lowest BCUT2D eigenvalue weighted by Gasteiger charge is -2.40. The monoisotopic (exact) mass is 112 g/mol. The van der Waals surface area contributed by atoms with Crippen LogP contribution in [0.3, 0.4) is 0 Å². The van der Waals surface area contributed by atoms with E-state index in [1.165, 1.54) is 19.3 Å². The fourth-order valence-corrected chi connectivity index (χ4v) is 1.29. The topological polar surface area (TPSA) is 14.1 Å². The molecule has 8 heavy (non-hydrogen) atoms. The highest BCUT2D eigenvalue weighted by molar-refractivity contribution is 4.98. The summed E-state index contributed by atoms with van der Waals surface area (Å²) < 4.78 is 0. The Labute approximate surface area is 51.5 Å². The normalized spacial score (nSPS) is 39.8. The van der Waals surface area contributed by atoms with Gasteiger partial charge in [-0.25, -0.2) is 0 Å². The molecule has 0 aromatic heterocycles. The summed E-state index contributed by atoms with van der Waals surface area (Å²) in [5, 5.41) is 4.48. The number of rotatable bonds is 0. The van der Waals surface area contributed by atoms with Gasteiger partial charge in [-0.05, 0) is 0 Å². The molecular weight excluding hydrogens is 98.1 g/mol. The first-order valence-corrected chi connectivity index (χ1v) is 3.49. The van der Waals surface area contributed by atoms with Gasteiger partial charge in [-0.1, -0.05) is 33.1 Å². The minimum atomic E-state index is 0.638. The quantitative estimate of drug-likeness (QED) is 0.456. The van der Waals surface area contributed by atoms with Crippen LogP contribution in [0.5, 0.6) is 0 Å². The second-order valence-corrected chi connectivity index (χ2v) is 2.78. The molecule has 48 valence electrons. The van der Waals surface area contributed by atoms with Gasteiger partial charge in [0.15, 0.2) is 0 Å². The van der Waals surface area contributed by atoms with Gasteiger partial charge < -0.3 is 5.32 Å². The van der Waals surface area contributed by atoms with Gasteiger partial charge in [0.05, 0.1) is 0 Å². The van der Waals surface area contributed by atoms with E-state index in [9.17, 15) is 0 Å². The first-order chi connectivity index (χ1) is 3.79. The highest BCUT2D eigenvalue weighted by Crippen LogP contribution is 2.22.